The molecule has 1 saturated heterocycles. The van der Waals surface area contributed by atoms with Gasteiger partial charge in [-0.15, -0.1) is 0 Å². The molecule has 2 aromatic carbocycles. The van der Waals surface area contributed by atoms with Crippen LogP contribution in [0.15, 0.2) is 42.5 Å². The van der Waals surface area contributed by atoms with E-state index in [0.717, 1.165) is 50.6 Å². The Balaban J connectivity index is 1.43. The first-order chi connectivity index (χ1) is 13.0. The van der Waals surface area contributed by atoms with Gasteiger partial charge in [-0.1, -0.05) is 12.1 Å². The fourth-order valence-corrected chi connectivity index (χ4v) is 3.07. The first-order valence-corrected chi connectivity index (χ1v) is 8.86. The second kappa shape index (κ2) is 8.92. The van der Waals surface area contributed by atoms with E-state index in [0.29, 0.717) is 0 Å². The fraction of sp³-hybridized carbons (Fsp3) is 0.350. The van der Waals surface area contributed by atoms with Gasteiger partial charge in [0.15, 0.2) is 11.6 Å². The third-order valence-corrected chi connectivity index (χ3v) is 4.60. The Morgan fingerprint density at radius 1 is 1.00 bits per heavy atom. The summed E-state index contributed by atoms with van der Waals surface area (Å²) in [4.78, 5) is 16.5. The van der Waals surface area contributed by atoms with Crippen molar-refractivity contribution in [3.05, 3.63) is 59.7 Å². The number of carbonyl (C=O) groups is 1. The van der Waals surface area contributed by atoms with Crippen molar-refractivity contribution in [3.63, 3.8) is 0 Å². The molecule has 1 fully saturated rings. The minimum atomic E-state index is -0.972. The summed E-state index contributed by atoms with van der Waals surface area (Å²) in [6.07, 6.45) is 0. The van der Waals surface area contributed by atoms with Crippen molar-refractivity contribution >= 4 is 11.6 Å². The molecular weight excluding hydrogens is 352 g/mol. The molecule has 0 atom stereocenters. The molecule has 1 heterocycles. The summed E-state index contributed by atoms with van der Waals surface area (Å²) in [6.45, 7) is 4.38. The highest BCUT2D eigenvalue weighted by Crippen LogP contribution is 2.15. The first-order valence-electron chi connectivity index (χ1n) is 8.86. The summed E-state index contributed by atoms with van der Waals surface area (Å²) in [6, 6.07) is 11.4. The summed E-state index contributed by atoms with van der Waals surface area (Å²) < 4.78 is 31.3. The van der Waals surface area contributed by atoms with E-state index >= 15 is 0 Å². The lowest BCUT2D eigenvalue weighted by Gasteiger charge is -2.34. The number of piperazine rings is 1. The predicted octanol–water partition coefficient (Wildman–Crippen LogP) is 2.73. The van der Waals surface area contributed by atoms with Crippen LogP contribution in [0.1, 0.15) is 5.56 Å². The van der Waals surface area contributed by atoms with E-state index in [1.54, 1.807) is 7.11 Å². The van der Waals surface area contributed by atoms with Crippen LogP contribution in [0.2, 0.25) is 0 Å². The molecule has 1 N–H and O–H groups in total. The number of hydrogen-bond donors (Lipinski definition) is 1. The molecule has 1 aliphatic heterocycles. The van der Waals surface area contributed by atoms with Gasteiger partial charge in [0.05, 0.1) is 13.7 Å². The summed E-state index contributed by atoms with van der Waals surface area (Å²) in [5.41, 5.74) is 1.48. The molecule has 0 spiro atoms. The lowest BCUT2D eigenvalue weighted by atomic mass is 10.2. The standard InChI is InChI=1S/C20H23F2N3O2/c1-27-17-5-2-15(3-6-17)13-24-8-10-25(11-9-24)14-20(26)23-16-4-7-18(21)19(22)12-16/h2-7,12H,8-11,13-14H2,1H3,(H,23,26). The Morgan fingerprint density at radius 2 is 1.67 bits per heavy atom. The minimum absolute atomic E-state index is 0.232. The SMILES string of the molecule is COc1ccc(CN2CCN(CC(=O)Nc3ccc(F)c(F)c3)CC2)cc1. The summed E-state index contributed by atoms with van der Waals surface area (Å²) in [5, 5.41) is 2.61. The second-order valence-corrected chi connectivity index (χ2v) is 6.58. The Hall–Kier alpha value is -2.51. The van der Waals surface area contributed by atoms with Gasteiger partial charge in [-0.2, -0.15) is 0 Å². The Kier molecular flexibility index (Phi) is 6.36. The number of methoxy groups -OCH3 is 1. The Labute approximate surface area is 157 Å². The number of nitrogens with zero attached hydrogens (tertiary/aromatic N) is 2. The lowest BCUT2D eigenvalue weighted by molar-refractivity contribution is -0.117. The largest absolute Gasteiger partial charge is 0.497 e. The van der Waals surface area contributed by atoms with Gasteiger partial charge in [-0.05, 0) is 29.8 Å². The van der Waals surface area contributed by atoms with Crippen LogP contribution in [-0.2, 0) is 11.3 Å². The maximum atomic E-state index is 13.2. The number of nitrogens with one attached hydrogen (secondary N) is 1. The molecule has 2 aromatic rings. The zero-order chi connectivity index (χ0) is 19.2. The van der Waals surface area contributed by atoms with Crippen molar-refractivity contribution in [1.82, 2.24) is 9.80 Å². The van der Waals surface area contributed by atoms with Gasteiger partial charge in [0.1, 0.15) is 5.75 Å². The van der Waals surface area contributed by atoms with E-state index in [4.69, 9.17) is 4.74 Å². The number of carbonyl (C=O) groups excluding carboxylic acids is 1. The van der Waals surface area contributed by atoms with Crippen molar-refractivity contribution in [3.8, 4) is 5.75 Å². The summed E-state index contributed by atoms with van der Waals surface area (Å²) >= 11 is 0. The molecule has 0 aromatic heterocycles. The Bertz CT molecular complexity index is 775. The predicted molar refractivity (Wildman–Crippen MR) is 99.7 cm³/mol. The number of rotatable bonds is 6. The quantitative estimate of drug-likeness (QED) is 0.843. The van der Waals surface area contributed by atoms with Crippen molar-refractivity contribution in [2.24, 2.45) is 0 Å². The maximum Gasteiger partial charge on any atom is 0.238 e. The summed E-state index contributed by atoms with van der Waals surface area (Å²) in [7, 11) is 1.65. The zero-order valence-corrected chi connectivity index (χ0v) is 15.3. The zero-order valence-electron chi connectivity index (χ0n) is 15.3. The number of hydrogen-bond acceptors (Lipinski definition) is 4. The van der Waals surface area contributed by atoms with Crippen LogP contribution in [0.3, 0.4) is 0 Å². The van der Waals surface area contributed by atoms with E-state index in [2.05, 4.69) is 27.2 Å². The molecule has 144 valence electrons. The average molecular weight is 375 g/mol. The summed E-state index contributed by atoms with van der Waals surface area (Å²) in [5.74, 6) is -1.29. The van der Waals surface area contributed by atoms with Crippen molar-refractivity contribution in [2.45, 2.75) is 6.54 Å². The number of amides is 1. The molecule has 0 saturated carbocycles. The van der Waals surface area contributed by atoms with E-state index in [9.17, 15) is 13.6 Å². The monoisotopic (exact) mass is 375 g/mol. The van der Waals surface area contributed by atoms with Gasteiger partial charge in [-0.3, -0.25) is 14.6 Å². The molecule has 5 nitrogen and oxygen atoms in total. The number of halogens is 2. The highest BCUT2D eigenvalue weighted by Gasteiger charge is 2.19. The molecule has 0 unspecified atom stereocenters. The van der Waals surface area contributed by atoms with Crippen LogP contribution in [0.5, 0.6) is 5.75 Å². The van der Waals surface area contributed by atoms with E-state index in [1.807, 2.05) is 12.1 Å². The molecule has 0 aliphatic carbocycles. The van der Waals surface area contributed by atoms with Crippen LogP contribution in [0, 0.1) is 11.6 Å². The van der Waals surface area contributed by atoms with E-state index in [-0.39, 0.29) is 18.1 Å². The molecule has 1 aliphatic rings. The molecule has 3 rings (SSSR count). The highest BCUT2D eigenvalue weighted by molar-refractivity contribution is 5.92. The van der Waals surface area contributed by atoms with Crippen LogP contribution in [0.25, 0.3) is 0 Å². The second-order valence-electron chi connectivity index (χ2n) is 6.58. The van der Waals surface area contributed by atoms with Crippen molar-refractivity contribution in [1.29, 1.82) is 0 Å². The Morgan fingerprint density at radius 3 is 2.30 bits per heavy atom. The fourth-order valence-electron chi connectivity index (χ4n) is 3.07. The van der Waals surface area contributed by atoms with Gasteiger partial charge < -0.3 is 10.1 Å². The van der Waals surface area contributed by atoms with Crippen LogP contribution in [0.4, 0.5) is 14.5 Å². The molecule has 0 bridgehead atoms. The molecule has 27 heavy (non-hydrogen) atoms. The number of benzene rings is 2. The number of ether oxygens (including phenoxy) is 1. The molecule has 0 radical (unpaired) electrons. The van der Waals surface area contributed by atoms with Crippen molar-refractivity contribution in [2.75, 3.05) is 45.2 Å². The van der Waals surface area contributed by atoms with Gasteiger partial charge >= 0.3 is 0 Å². The first kappa shape index (κ1) is 19.3. The maximum absolute atomic E-state index is 13.2. The lowest BCUT2D eigenvalue weighted by Crippen LogP contribution is -2.48. The normalized spacial score (nSPS) is 15.5. The molecule has 1 amide bonds. The van der Waals surface area contributed by atoms with E-state index < -0.39 is 11.6 Å². The van der Waals surface area contributed by atoms with Gasteiger partial charge in [0.2, 0.25) is 5.91 Å². The smallest absolute Gasteiger partial charge is 0.238 e. The third-order valence-electron chi connectivity index (χ3n) is 4.60. The van der Waals surface area contributed by atoms with Gasteiger partial charge in [0.25, 0.3) is 0 Å². The van der Waals surface area contributed by atoms with Crippen LogP contribution >= 0.6 is 0 Å². The van der Waals surface area contributed by atoms with Crippen molar-refractivity contribution < 1.29 is 18.3 Å². The third kappa shape index (κ3) is 5.48. The average Bonchev–Trinajstić information content (AvgIpc) is 2.67. The topological polar surface area (TPSA) is 44.8 Å². The highest BCUT2D eigenvalue weighted by atomic mass is 19.2. The van der Waals surface area contributed by atoms with Crippen LogP contribution in [-0.4, -0.2) is 55.5 Å². The van der Waals surface area contributed by atoms with Gasteiger partial charge in [-0.25, -0.2) is 8.78 Å². The van der Waals surface area contributed by atoms with Crippen LogP contribution < -0.4 is 10.1 Å². The minimum Gasteiger partial charge on any atom is -0.497 e. The van der Waals surface area contributed by atoms with Gasteiger partial charge in [0, 0.05) is 44.5 Å². The number of anilines is 1. The molecular formula is C20H23F2N3O2. The van der Waals surface area contributed by atoms with E-state index in [1.165, 1.54) is 11.6 Å². The molecule has 7 heteroatoms.